The second-order valence-electron chi connectivity index (χ2n) is 4.83. The lowest BCUT2D eigenvalue weighted by atomic mass is 10.2. The van der Waals surface area contributed by atoms with Crippen molar-refractivity contribution in [3.63, 3.8) is 0 Å². The first-order valence-corrected chi connectivity index (χ1v) is 6.74. The molecule has 0 amide bonds. The molecule has 1 aromatic heterocycles. The van der Waals surface area contributed by atoms with Crippen molar-refractivity contribution in [1.29, 1.82) is 0 Å². The Labute approximate surface area is 104 Å². The molecule has 96 valence electrons. The highest BCUT2D eigenvalue weighted by Gasteiger charge is 2.20. The van der Waals surface area contributed by atoms with E-state index < -0.39 is 0 Å². The summed E-state index contributed by atoms with van der Waals surface area (Å²) < 4.78 is 11.1. The first-order valence-electron chi connectivity index (χ1n) is 6.74. The summed E-state index contributed by atoms with van der Waals surface area (Å²) in [5, 5.41) is 3.35. The van der Waals surface area contributed by atoms with Gasteiger partial charge in [-0.15, -0.1) is 0 Å². The third-order valence-corrected chi connectivity index (χ3v) is 3.17. The van der Waals surface area contributed by atoms with Crippen molar-refractivity contribution in [2.45, 2.75) is 45.8 Å². The molecule has 0 aliphatic heterocycles. The van der Waals surface area contributed by atoms with Crippen LogP contribution in [0.4, 0.5) is 0 Å². The summed E-state index contributed by atoms with van der Waals surface area (Å²) >= 11 is 0. The number of furan rings is 1. The molecule has 2 rings (SSSR count). The fourth-order valence-corrected chi connectivity index (χ4v) is 1.87. The van der Waals surface area contributed by atoms with E-state index in [9.17, 15) is 0 Å². The highest BCUT2D eigenvalue weighted by molar-refractivity contribution is 5.15. The standard InChI is InChI=1S/C14H23NO2/c1-2-7-15-10-14-13(6-9-17-14)11-16-8-5-12-3-4-12/h6,9,12,15H,2-5,7-8,10-11H2,1H3. The predicted molar refractivity (Wildman–Crippen MR) is 67.7 cm³/mol. The van der Waals surface area contributed by atoms with Crippen LogP contribution in [0, 0.1) is 5.92 Å². The summed E-state index contributed by atoms with van der Waals surface area (Å²) in [5.41, 5.74) is 1.18. The zero-order chi connectivity index (χ0) is 11.9. The van der Waals surface area contributed by atoms with E-state index in [0.29, 0.717) is 6.61 Å². The van der Waals surface area contributed by atoms with Crippen LogP contribution >= 0.6 is 0 Å². The van der Waals surface area contributed by atoms with Crippen molar-refractivity contribution in [3.8, 4) is 0 Å². The molecule has 1 saturated carbocycles. The Hall–Kier alpha value is -0.800. The Bertz CT molecular complexity index is 318. The Kier molecular flexibility index (Phi) is 5.08. The van der Waals surface area contributed by atoms with E-state index in [1.54, 1.807) is 6.26 Å². The smallest absolute Gasteiger partial charge is 0.123 e. The maximum atomic E-state index is 5.69. The van der Waals surface area contributed by atoms with E-state index in [4.69, 9.17) is 9.15 Å². The topological polar surface area (TPSA) is 34.4 Å². The van der Waals surface area contributed by atoms with Gasteiger partial charge >= 0.3 is 0 Å². The van der Waals surface area contributed by atoms with Crippen molar-refractivity contribution in [1.82, 2.24) is 5.32 Å². The second-order valence-corrected chi connectivity index (χ2v) is 4.83. The van der Waals surface area contributed by atoms with Crippen LogP contribution in [0.5, 0.6) is 0 Å². The average molecular weight is 237 g/mol. The zero-order valence-corrected chi connectivity index (χ0v) is 10.7. The Morgan fingerprint density at radius 3 is 3.12 bits per heavy atom. The van der Waals surface area contributed by atoms with Gasteiger partial charge in [-0.05, 0) is 31.4 Å². The molecule has 3 heteroatoms. The van der Waals surface area contributed by atoms with Gasteiger partial charge in [0.15, 0.2) is 0 Å². The van der Waals surface area contributed by atoms with Gasteiger partial charge in [-0.1, -0.05) is 19.8 Å². The summed E-state index contributed by atoms with van der Waals surface area (Å²) in [6.45, 7) is 5.58. The molecule has 0 bridgehead atoms. The largest absolute Gasteiger partial charge is 0.468 e. The summed E-state index contributed by atoms with van der Waals surface area (Å²) in [7, 11) is 0. The first kappa shape index (κ1) is 12.7. The molecule has 0 unspecified atom stereocenters. The van der Waals surface area contributed by atoms with Crippen molar-refractivity contribution >= 4 is 0 Å². The van der Waals surface area contributed by atoms with Crippen molar-refractivity contribution < 1.29 is 9.15 Å². The Balaban J connectivity index is 1.65. The lowest BCUT2D eigenvalue weighted by Gasteiger charge is -2.05. The van der Waals surface area contributed by atoms with Gasteiger partial charge < -0.3 is 14.5 Å². The van der Waals surface area contributed by atoms with E-state index in [1.807, 2.05) is 6.07 Å². The van der Waals surface area contributed by atoms with Gasteiger partial charge in [0, 0.05) is 12.2 Å². The summed E-state index contributed by atoms with van der Waals surface area (Å²) in [6.07, 6.45) is 6.93. The molecule has 0 spiro atoms. The number of hydrogen-bond donors (Lipinski definition) is 1. The molecule has 1 aliphatic carbocycles. The van der Waals surface area contributed by atoms with Crippen LogP contribution in [-0.2, 0) is 17.9 Å². The number of ether oxygens (including phenoxy) is 1. The molecule has 1 aromatic rings. The van der Waals surface area contributed by atoms with Crippen molar-refractivity contribution in [3.05, 3.63) is 23.7 Å². The van der Waals surface area contributed by atoms with Crippen LogP contribution in [0.2, 0.25) is 0 Å². The minimum Gasteiger partial charge on any atom is -0.468 e. The van der Waals surface area contributed by atoms with Crippen LogP contribution in [0.3, 0.4) is 0 Å². The van der Waals surface area contributed by atoms with Crippen LogP contribution in [-0.4, -0.2) is 13.2 Å². The zero-order valence-electron chi connectivity index (χ0n) is 10.7. The maximum Gasteiger partial charge on any atom is 0.123 e. The van der Waals surface area contributed by atoms with E-state index in [0.717, 1.165) is 37.8 Å². The van der Waals surface area contributed by atoms with Crippen molar-refractivity contribution in [2.24, 2.45) is 5.92 Å². The van der Waals surface area contributed by atoms with Crippen LogP contribution in [0.25, 0.3) is 0 Å². The van der Waals surface area contributed by atoms with E-state index in [-0.39, 0.29) is 0 Å². The molecule has 1 heterocycles. The van der Waals surface area contributed by atoms with Crippen molar-refractivity contribution in [2.75, 3.05) is 13.2 Å². The minimum absolute atomic E-state index is 0.687. The number of hydrogen-bond acceptors (Lipinski definition) is 3. The van der Waals surface area contributed by atoms with Gasteiger partial charge in [-0.2, -0.15) is 0 Å². The summed E-state index contributed by atoms with van der Waals surface area (Å²) in [5.74, 6) is 1.97. The number of rotatable bonds is 9. The highest BCUT2D eigenvalue weighted by Crippen LogP contribution is 2.32. The van der Waals surface area contributed by atoms with E-state index >= 15 is 0 Å². The molecule has 17 heavy (non-hydrogen) atoms. The normalized spacial score (nSPS) is 15.4. The van der Waals surface area contributed by atoms with Gasteiger partial charge in [-0.25, -0.2) is 0 Å². The summed E-state index contributed by atoms with van der Waals surface area (Å²) in [4.78, 5) is 0. The van der Waals surface area contributed by atoms with E-state index in [2.05, 4.69) is 12.2 Å². The molecule has 0 aromatic carbocycles. The molecule has 0 radical (unpaired) electrons. The quantitative estimate of drug-likeness (QED) is 0.670. The SMILES string of the molecule is CCCNCc1occc1COCCC1CC1. The second kappa shape index (κ2) is 6.82. The Morgan fingerprint density at radius 2 is 2.35 bits per heavy atom. The van der Waals surface area contributed by atoms with Gasteiger partial charge in [0.05, 0.1) is 19.4 Å². The molecule has 3 nitrogen and oxygen atoms in total. The molecule has 1 aliphatic rings. The van der Waals surface area contributed by atoms with Crippen LogP contribution in [0.15, 0.2) is 16.7 Å². The first-order chi connectivity index (χ1) is 8.40. The molecule has 0 saturated heterocycles. The fourth-order valence-electron chi connectivity index (χ4n) is 1.87. The monoisotopic (exact) mass is 237 g/mol. The van der Waals surface area contributed by atoms with Gasteiger partial charge in [-0.3, -0.25) is 0 Å². The lowest BCUT2D eigenvalue weighted by molar-refractivity contribution is 0.114. The number of nitrogens with one attached hydrogen (secondary N) is 1. The minimum atomic E-state index is 0.687. The molecule has 0 atom stereocenters. The van der Waals surface area contributed by atoms with Crippen LogP contribution < -0.4 is 5.32 Å². The highest BCUT2D eigenvalue weighted by atomic mass is 16.5. The third-order valence-electron chi connectivity index (χ3n) is 3.17. The van der Waals surface area contributed by atoms with Crippen LogP contribution in [0.1, 0.15) is 43.9 Å². The fraction of sp³-hybridized carbons (Fsp3) is 0.714. The Morgan fingerprint density at radius 1 is 1.47 bits per heavy atom. The molecule has 1 N–H and O–H groups in total. The average Bonchev–Trinajstić information content (AvgIpc) is 3.06. The molecule has 1 fully saturated rings. The molecular weight excluding hydrogens is 214 g/mol. The lowest BCUT2D eigenvalue weighted by Crippen LogP contribution is -2.14. The third kappa shape index (κ3) is 4.52. The van der Waals surface area contributed by atoms with E-state index in [1.165, 1.54) is 24.8 Å². The summed E-state index contributed by atoms with van der Waals surface area (Å²) in [6, 6.07) is 2.01. The van der Waals surface area contributed by atoms with Gasteiger partial charge in [0.2, 0.25) is 0 Å². The predicted octanol–water partition coefficient (Wildman–Crippen LogP) is 3.10. The van der Waals surface area contributed by atoms with Gasteiger partial charge in [0.1, 0.15) is 5.76 Å². The maximum absolute atomic E-state index is 5.69. The van der Waals surface area contributed by atoms with Gasteiger partial charge in [0.25, 0.3) is 0 Å². The molecular formula is C14H23NO2.